The molecule has 0 aliphatic carbocycles. The summed E-state index contributed by atoms with van der Waals surface area (Å²) in [4.78, 5) is 15.5. The van der Waals surface area contributed by atoms with E-state index in [2.05, 4.69) is 10.5 Å². The Morgan fingerprint density at radius 2 is 1.58 bits per heavy atom. The average Bonchev–Trinajstić information content (AvgIpc) is 3.04. The molecule has 2 rings (SSSR count). The van der Waals surface area contributed by atoms with Crippen LogP contribution in [0.2, 0.25) is 0 Å². The Balaban J connectivity index is 0.00000480. The molecule has 0 amide bonds. The Morgan fingerprint density at radius 1 is 1.03 bits per heavy atom. The van der Waals surface area contributed by atoms with E-state index in [0.29, 0.717) is 5.69 Å². The van der Waals surface area contributed by atoms with Gasteiger partial charge in [0.25, 0.3) is 25.9 Å². The van der Waals surface area contributed by atoms with Crippen LogP contribution >= 0.6 is 0 Å². The topological polar surface area (TPSA) is 201 Å². The number of hydrogen-bond acceptors (Lipinski definition) is 12. The minimum absolute atomic E-state index is 0. The van der Waals surface area contributed by atoms with Gasteiger partial charge in [0.2, 0.25) is 0 Å². The molecule has 0 unspecified atom stereocenters. The van der Waals surface area contributed by atoms with E-state index in [1.807, 2.05) is 0 Å². The number of benzene rings is 1. The molecule has 0 aromatic heterocycles. The van der Waals surface area contributed by atoms with E-state index in [4.69, 9.17) is 18.7 Å². The number of nitrogens with one attached hydrogen (secondary N) is 1. The van der Waals surface area contributed by atoms with Gasteiger partial charge in [-0.05, 0) is 30.3 Å². The van der Waals surface area contributed by atoms with Gasteiger partial charge in [-0.2, -0.15) is 16.8 Å². The Bertz CT molecular complexity index is 986. The molecule has 170 valence electrons. The Kier molecular flexibility index (Phi) is 10.4. The molecule has 1 aromatic carbocycles. The van der Waals surface area contributed by atoms with Crippen LogP contribution in [-0.4, -0.2) is 96.4 Å². The van der Waals surface area contributed by atoms with Gasteiger partial charge in [-0.3, -0.25) is 19.2 Å². The van der Waals surface area contributed by atoms with Crippen molar-refractivity contribution in [2.45, 2.75) is 12.8 Å². The van der Waals surface area contributed by atoms with E-state index < -0.39 is 36.7 Å². The molecule has 0 atom stereocenters. The van der Waals surface area contributed by atoms with Crippen LogP contribution < -0.4 is 10.5 Å². The predicted molar refractivity (Wildman–Crippen MR) is 109 cm³/mol. The van der Waals surface area contributed by atoms with E-state index >= 15 is 0 Å². The molecule has 18 heteroatoms. The van der Waals surface area contributed by atoms with Crippen LogP contribution in [-0.2, 0) is 29.8 Å². The van der Waals surface area contributed by atoms with Crippen molar-refractivity contribution in [3.8, 4) is 0 Å². The number of non-ortho nitro benzene ring substituents is 1. The number of anilines is 1. The third kappa shape index (κ3) is 9.95. The normalized spacial score (nSPS) is 13.9. The molecule has 0 saturated heterocycles. The quantitative estimate of drug-likeness (QED) is 0.114. The SMILES string of the molecule is O=[N+]([O-])c1ccc(N2NC(OCCCS(=O)(=O)O)=NN2OCCCS(=O)(=O)O)cc1.[NaH]. The predicted octanol–water partition coefficient (Wildman–Crippen LogP) is -0.737. The van der Waals surface area contributed by atoms with E-state index in [-0.39, 0.29) is 67.3 Å². The van der Waals surface area contributed by atoms with Crippen molar-refractivity contribution in [1.82, 2.24) is 10.7 Å². The molecule has 0 spiro atoms. The van der Waals surface area contributed by atoms with Crippen LogP contribution in [0.25, 0.3) is 0 Å². The van der Waals surface area contributed by atoms with Gasteiger partial charge >= 0.3 is 35.6 Å². The van der Waals surface area contributed by atoms with Crippen LogP contribution in [0.5, 0.6) is 0 Å². The standard InChI is InChI=1S/C13H19N5O10S2.Na.H/c19-17(20)12-5-3-11(4-6-12)16-14-13(27-7-1-9-29(21,22)23)15-18(16)28-8-2-10-30(24,25)26;;/h3-6H,1-2,7-10H2,(H,14,15)(H,21,22,23)(H,24,25,26);;. The fourth-order valence-corrected chi connectivity index (χ4v) is 3.07. The fraction of sp³-hybridized carbons (Fsp3) is 0.462. The second-order valence-corrected chi connectivity index (χ2v) is 8.96. The molecule has 15 nitrogen and oxygen atoms in total. The number of rotatable bonds is 11. The summed E-state index contributed by atoms with van der Waals surface area (Å²) >= 11 is 0. The molecule has 3 N–H and O–H groups in total. The summed E-state index contributed by atoms with van der Waals surface area (Å²) in [5.74, 6) is -1.04. The first kappa shape index (κ1) is 27.3. The second kappa shape index (κ2) is 11.8. The zero-order chi connectivity index (χ0) is 22.4. The Morgan fingerprint density at radius 3 is 2.10 bits per heavy atom. The first-order chi connectivity index (χ1) is 13.9. The van der Waals surface area contributed by atoms with Gasteiger partial charge in [-0.15, -0.1) is 5.12 Å². The van der Waals surface area contributed by atoms with Crippen molar-refractivity contribution < 1.29 is 40.4 Å². The van der Waals surface area contributed by atoms with Crippen LogP contribution in [0.1, 0.15) is 12.8 Å². The van der Waals surface area contributed by atoms with Crippen molar-refractivity contribution in [2.24, 2.45) is 5.10 Å². The van der Waals surface area contributed by atoms with Gasteiger partial charge in [-0.25, -0.2) is 10.3 Å². The van der Waals surface area contributed by atoms with Crippen molar-refractivity contribution in [3.63, 3.8) is 0 Å². The van der Waals surface area contributed by atoms with Crippen molar-refractivity contribution in [2.75, 3.05) is 29.8 Å². The van der Waals surface area contributed by atoms with Gasteiger partial charge in [0.05, 0.1) is 35.3 Å². The van der Waals surface area contributed by atoms with Gasteiger partial charge in [0, 0.05) is 12.1 Å². The first-order valence-electron chi connectivity index (χ1n) is 8.30. The number of hydrazone groups is 1. The summed E-state index contributed by atoms with van der Waals surface area (Å²) in [5, 5.41) is 16.8. The molecule has 1 aliphatic rings. The number of ether oxygens (including phenoxy) is 1. The molecule has 31 heavy (non-hydrogen) atoms. The number of nitro groups is 1. The molecular weight excluding hydrogens is 473 g/mol. The number of hydrazine groups is 2. The first-order valence-corrected chi connectivity index (χ1v) is 11.5. The Labute approximate surface area is 199 Å². The second-order valence-electron chi connectivity index (χ2n) is 5.82. The van der Waals surface area contributed by atoms with Gasteiger partial charge in [-0.1, -0.05) is 5.10 Å². The van der Waals surface area contributed by atoms with E-state index in [9.17, 15) is 26.9 Å². The third-order valence-corrected chi connectivity index (χ3v) is 5.00. The van der Waals surface area contributed by atoms with Crippen molar-refractivity contribution in [3.05, 3.63) is 34.4 Å². The molecule has 1 heterocycles. The molecule has 0 radical (unpaired) electrons. The monoisotopic (exact) mass is 493 g/mol. The number of nitro benzene ring substituents is 1. The zero-order valence-electron chi connectivity index (χ0n) is 15.3. The summed E-state index contributed by atoms with van der Waals surface area (Å²) in [5.41, 5.74) is 2.86. The summed E-state index contributed by atoms with van der Waals surface area (Å²) in [7, 11) is -8.29. The third-order valence-electron chi connectivity index (χ3n) is 3.39. The van der Waals surface area contributed by atoms with E-state index in [0.717, 1.165) is 5.28 Å². The summed E-state index contributed by atoms with van der Waals surface area (Å²) in [6.45, 7) is -0.277. The molecule has 1 aliphatic heterocycles. The van der Waals surface area contributed by atoms with Crippen molar-refractivity contribution in [1.29, 1.82) is 0 Å². The molecule has 0 saturated carbocycles. The van der Waals surface area contributed by atoms with Gasteiger partial charge in [0.1, 0.15) is 0 Å². The number of nitrogens with zero attached hydrogens (tertiary/aromatic N) is 4. The minimum atomic E-state index is -4.16. The van der Waals surface area contributed by atoms with Crippen molar-refractivity contribution >= 4 is 67.2 Å². The fourth-order valence-electron chi connectivity index (χ4n) is 2.10. The van der Waals surface area contributed by atoms with Crippen LogP contribution in [0.3, 0.4) is 0 Å². The summed E-state index contributed by atoms with van der Waals surface area (Å²) in [6, 6.07) is 5.13. The summed E-state index contributed by atoms with van der Waals surface area (Å²) in [6.07, 6.45) is -0.0736. The molecular formula is C13H20N5NaO10S2. The van der Waals surface area contributed by atoms with E-state index in [1.54, 1.807) is 0 Å². The molecule has 0 fully saturated rings. The van der Waals surface area contributed by atoms with Gasteiger partial charge < -0.3 is 4.74 Å². The average molecular weight is 493 g/mol. The number of amidine groups is 1. The zero-order valence-corrected chi connectivity index (χ0v) is 17.0. The van der Waals surface area contributed by atoms with Crippen LogP contribution in [0.4, 0.5) is 11.4 Å². The van der Waals surface area contributed by atoms with Gasteiger partial charge in [0.15, 0.2) is 0 Å². The molecule has 1 aromatic rings. The maximum absolute atomic E-state index is 10.8. The summed E-state index contributed by atoms with van der Waals surface area (Å²) < 4.78 is 65.7. The van der Waals surface area contributed by atoms with Crippen LogP contribution in [0, 0.1) is 10.1 Å². The maximum atomic E-state index is 10.8. The number of hydrogen-bond donors (Lipinski definition) is 3. The van der Waals surface area contributed by atoms with E-state index in [1.165, 1.54) is 29.4 Å². The Hall–Kier alpha value is -1.73. The molecule has 0 bridgehead atoms. The van der Waals surface area contributed by atoms with Crippen LogP contribution in [0.15, 0.2) is 29.4 Å².